The Labute approximate surface area is 230 Å². The van der Waals surface area contributed by atoms with Crippen molar-refractivity contribution in [3.8, 4) is 0 Å². The summed E-state index contributed by atoms with van der Waals surface area (Å²) >= 11 is 6.32. The Balaban J connectivity index is 1.70. The highest BCUT2D eigenvalue weighted by Gasteiger charge is 2.48. The normalized spacial score (nSPS) is 18.9. The second kappa shape index (κ2) is 13.1. The van der Waals surface area contributed by atoms with E-state index in [0.717, 1.165) is 18.4 Å². The average Bonchev–Trinajstić information content (AvgIpc) is 3.25. The molecule has 1 unspecified atom stereocenters. The third kappa shape index (κ3) is 7.95. The summed E-state index contributed by atoms with van der Waals surface area (Å²) in [6.45, 7) is 2.05. The predicted molar refractivity (Wildman–Crippen MR) is 140 cm³/mol. The first-order valence-corrected chi connectivity index (χ1v) is 14.5. The molecule has 0 saturated heterocycles. The summed E-state index contributed by atoms with van der Waals surface area (Å²) < 4.78 is 68.4. The summed E-state index contributed by atoms with van der Waals surface area (Å²) in [4.78, 5) is 32.9. The predicted octanol–water partition coefficient (Wildman–Crippen LogP) is 4.84. The van der Waals surface area contributed by atoms with Crippen molar-refractivity contribution < 1.29 is 35.9 Å². The number of imidazole rings is 1. The van der Waals surface area contributed by atoms with Crippen molar-refractivity contribution in [1.82, 2.24) is 14.7 Å². The minimum atomic E-state index is -5.58. The Kier molecular flexibility index (Phi) is 10.4. The fraction of sp³-hybridized carbons (Fsp3) is 0.560. The van der Waals surface area contributed by atoms with Gasteiger partial charge in [-0.25, -0.2) is 18.1 Å². The third-order valence-corrected chi connectivity index (χ3v) is 8.22. The maximum absolute atomic E-state index is 12.9. The number of sulfonamides is 1. The van der Waals surface area contributed by atoms with Crippen molar-refractivity contribution in [1.29, 1.82) is 0 Å². The number of aromatic amines is 1. The van der Waals surface area contributed by atoms with E-state index < -0.39 is 45.3 Å². The highest BCUT2D eigenvalue weighted by molar-refractivity contribution is 7.90. The number of aryl methyl sites for hydroxylation is 1. The number of ether oxygens (including phenoxy) is 1. The molecular weight excluding hydrogens is 561 g/mol. The van der Waals surface area contributed by atoms with Crippen LogP contribution in [0.1, 0.15) is 68.4 Å². The summed E-state index contributed by atoms with van der Waals surface area (Å²) in [5.74, 6) is -2.08. The lowest BCUT2D eigenvalue weighted by Gasteiger charge is -2.31. The number of amides is 1. The molecule has 1 fully saturated rings. The summed E-state index contributed by atoms with van der Waals surface area (Å²) in [6.07, 6.45) is 4.28. The molecule has 1 aliphatic carbocycles. The van der Waals surface area contributed by atoms with Crippen LogP contribution in [0.5, 0.6) is 0 Å². The molecule has 1 amide bonds. The van der Waals surface area contributed by atoms with Gasteiger partial charge in [-0.15, -0.1) is 0 Å². The number of halogens is 4. The Morgan fingerprint density at radius 2 is 1.87 bits per heavy atom. The van der Waals surface area contributed by atoms with E-state index >= 15 is 0 Å². The minimum absolute atomic E-state index is 0.123. The first-order valence-electron chi connectivity index (χ1n) is 12.7. The number of benzene rings is 1. The molecule has 0 bridgehead atoms. The number of alkyl halides is 3. The van der Waals surface area contributed by atoms with Crippen molar-refractivity contribution in [3.63, 3.8) is 0 Å². The molecular formula is C25H32ClF3N4O5S. The number of carbonyl (C=O) groups is 2. The van der Waals surface area contributed by atoms with Gasteiger partial charge in [0, 0.05) is 18.2 Å². The smallest absolute Gasteiger partial charge is 0.468 e. The Hall–Kier alpha value is -2.64. The number of methoxy groups -OCH3 is 1. The van der Waals surface area contributed by atoms with Crippen LogP contribution in [0, 0.1) is 5.92 Å². The molecule has 0 aliphatic heterocycles. The van der Waals surface area contributed by atoms with Gasteiger partial charge in [-0.2, -0.15) is 13.2 Å². The third-order valence-electron chi connectivity index (χ3n) is 6.71. The number of nitrogens with zero attached hydrogens (tertiary/aromatic N) is 1. The lowest BCUT2D eigenvalue weighted by atomic mass is 9.84. The fourth-order valence-electron chi connectivity index (χ4n) is 4.60. The van der Waals surface area contributed by atoms with E-state index in [-0.39, 0.29) is 24.4 Å². The van der Waals surface area contributed by atoms with Gasteiger partial charge in [0.05, 0.1) is 18.7 Å². The molecule has 1 aliphatic rings. The van der Waals surface area contributed by atoms with Crippen LogP contribution in [-0.4, -0.2) is 48.9 Å². The number of hydrogen-bond donors (Lipinski definition) is 3. The molecule has 3 atom stereocenters. The summed E-state index contributed by atoms with van der Waals surface area (Å²) in [6, 6.07) is 5.42. The molecule has 1 aromatic heterocycles. The second-order valence-corrected chi connectivity index (χ2v) is 11.6. The SMILES string of the molecule is CCCCc1nc(Cl)c(C(Cc2ccc(NC(=O)[C@@H]3CCCC[C@H]3NS(=O)(=O)C(F)(F)F)cc2)C(=O)OC)[nH]1. The minimum Gasteiger partial charge on any atom is -0.468 e. The number of unbranched alkanes of at least 4 members (excludes halogenated alkanes) is 1. The van der Waals surface area contributed by atoms with Crippen molar-refractivity contribution >= 4 is 39.2 Å². The van der Waals surface area contributed by atoms with Crippen LogP contribution in [0.4, 0.5) is 18.9 Å². The number of rotatable bonds is 11. The number of nitrogens with one attached hydrogen (secondary N) is 3. The largest absolute Gasteiger partial charge is 0.511 e. The molecule has 3 N–H and O–H groups in total. The van der Waals surface area contributed by atoms with E-state index in [1.54, 1.807) is 29.0 Å². The maximum Gasteiger partial charge on any atom is 0.511 e. The van der Waals surface area contributed by atoms with E-state index in [0.29, 0.717) is 36.5 Å². The first kappa shape index (κ1) is 30.9. The quantitative estimate of drug-likeness (QED) is 0.320. The van der Waals surface area contributed by atoms with Gasteiger partial charge in [-0.1, -0.05) is 49.9 Å². The van der Waals surface area contributed by atoms with Crippen LogP contribution in [0.3, 0.4) is 0 Å². The van der Waals surface area contributed by atoms with Gasteiger partial charge in [-0.3, -0.25) is 9.59 Å². The zero-order valence-electron chi connectivity index (χ0n) is 21.6. The molecule has 14 heteroatoms. The van der Waals surface area contributed by atoms with E-state index in [1.165, 1.54) is 7.11 Å². The molecule has 1 saturated carbocycles. The first-order chi connectivity index (χ1) is 18.4. The second-order valence-electron chi connectivity index (χ2n) is 9.52. The van der Waals surface area contributed by atoms with Gasteiger partial charge in [-0.05, 0) is 43.4 Å². The van der Waals surface area contributed by atoms with Crippen molar-refractivity contribution in [3.05, 3.63) is 46.5 Å². The number of anilines is 1. The molecule has 0 radical (unpaired) electrons. The molecule has 1 aromatic carbocycles. The van der Waals surface area contributed by atoms with E-state index in [4.69, 9.17) is 16.3 Å². The molecule has 216 valence electrons. The van der Waals surface area contributed by atoms with E-state index in [2.05, 4.69) is 22.2 Å². The zero-order chi connectivity index (χ0) is 28.8. The van der Waals surface area contributed by atoms with Gasteiger partial charge < -0.3 is 15.0 Å². The molecule has 1 heterocycles. The monoisotopic (exact) mass is 592 g/mol. The van der Waals surface area contributed by atoms with Crippen LogP contribution in [0.25, 0.3) is 0 Å². The van der Waals surface area contributed by atoms with Crippen molar-refractivity contribution in [2.75, 3.05) is 12.4 Å². The Morgan fingerprint density at radius 3 is 2.49 bits per heavy atom. The van der Waals surface area contributed by atoms with Gasteiger partial charge >= 0.3 is 21.5 Å². The molecule has 39 heavy (non-hydrogen) atoms. The van der Waals surface area contributed by atoms with Gasteiger partial charge in [0.2, 0.25) is 5.91 Å². The summed E-state index contributed by atoms with van der Waals surface area (Å²) in [5, 5.41) is 2.86. The lowest BCUT2D eigenvalue weighted by Crippen LogP contribution is -2.50. The van der Waals surface area contributed by atoms with Crippen LogP contribution < -0.4 is 10.0 Å². The van der Waals surface area contributed by atoms with Crippen molar-refractivity contribution in [2.45, 2.75) is 75.8 Å². The van der Waals surface area contributed by atoms with Crippen LogP contribution in [-0.2, 0) is 37.2 Å². The standard InChI is InChI=1S/C25H32ClF3N4O5S/c1-3-4-9-20-31-21(22(26)32-20)18(24(35)38-2)14-15-10-12-16(13-11-15)30-23(34)17-7-5-6-8-19(17)33-39(36,37)25(27,28)29/h10-13,17-19,33H,3-9,14H2,1-2H3,(H,30,34)(H,31,32)/t17-,18?,19-/m1/s1. The number of hydrogen-bond acceptors (Lipinski definition) is 6. The van der Waals surface area contributed by atoms with Crippen LogP contribution in [0.15, 0.2) is 24.3 Å². The molecule has 3 rings (SSSR count). The number of esters is 1. The molecule has 9 nitrogen and oxygen atoms in total. The van der Waals surface area contributed by atoms with E-state index in [1.807, 2.05) is 0 Å². The number of aromatic nitrogens is 2. The Morgan fingerprint density at radius 1 is 1.21 bits per heavy atom. The summed E-state index contributed by atoms with van der Waals surface area (Å²) in [7, 11) is -4.30. The highest BCUT2D eigenvalue weighted by atomic mass is 35.5. The van der Waals surface area contributed by atoms with Gasteiger partial charge in [0.1, 0.15) is 11.7 Å². The van der Waals surface area contributed by atoms with E-state index in [9.17, 15) is 31.2 Å². The average molecular weight is 593 g/mol. The topological polar surface area (TPSA) is 130 Å². The lowest BCUT2D eigenvalue weighted by molar-refractivity contribution is -0.142. The van der Waals surface area contributed by atoms with Gasteiger partial charge in [0.25, 0.3) is 0 Å². The van der Waals surface area contributed by atoms with Crippen LogP contribution >= 0.6 is 11.6 Å². The van der Waals surface area contributed by atoms with Crippen LogP contribution in [0.2, 0.25) is 5.15 Å². The highest BCUT2D eigenvalue weighted by Crippen LogP contribution is 2.31. The molecule has 0 spiro atoms. The van der Waals surface area contributed by atoms with Crippen molar-refractivity contribution in [2.24, 2.45) is 5.92 Å². The Bertz CT molecular complexity index is 1250. The molecule has 2 aromatic rings. The number of H-pyrrole nitrogens is 1. The maximum atomic E-state index is 12.9. The number of carbonyl (C=O) groups excluding carboxylic acids is 2. The summed E-state index contributed by atoms with van der Waals surface area (Å²) in [5.41, 5.74) is -3.89. The zero-order valence-corrected chi connectivity index (χ0v) is 23.2. The fourth-order valence-corrected chi connectivity index (χ4v) is 5.69. The van der Waals surface area contributed by atoms with Gasteiger partial charge in [0.15, 0.2) is 5.15 Å².